The van der Waals surface area contributed by atoms with E-state index in [1.165, 1.54) is 17.3 Å². The van der Waals surface area contributed by atoms with Crippen LogP contribution in [0.2, 0.25) is 0 Å². The molecule has 1 unspecified atom stereocenters. The molecule has 2 N–H and O–H groups in total. The third kappa shape index (κ3) is 3.95. The van der Waals surface area contributed by atoms with Gasteiger partial charge in [-0.25, -0.2) is 15.0 Å². The molecule has 0 bridgehead atoms. The first-order valence-electron chi connectivity index (χ1n) is 9.92. The summed E-state index contributed by atoms with van der Waals surface area (Å²) in [6.45, 7) is 3.17. The molecule has 9 heteroatoms. The Morgan fingerprint density at radius 3 is 2.71 bits per heavy atom. The van der Waals surface area contributed by atoms with Crippen molar-refractivity contribution in [2.75, 3.05) is 12.5 Å². The van der Waals surface area contributed by atoms with Crippen molar-refractivity contribution in [2.24, 2.45) is 0 Å². The van der Waals surface area contributed by atoms with Crippen LogP contribution in [0.3, 0.4) is 0 Å². The number of anilines is 1. The van der Waals surface area contributed by atoms with E-state index in [0.29, 0.717) is 28.3 Å². The number of rotatable bonds is 6. The Morgan fingerprint density at radius 1 is 1.16 bits per heavy atom. The molecule has 0 saturated carbocycles. The minimum Gasteiger partial charge on any atom is -0.454 e. The number of nitrogen functional groups attached to an aromatic ring is 1. The van der Waals surface area contributed by atoms with E-state index in [-0.39, 0.29) is 6.79 Å². The van der Waals surface area contributed by atoms with Gasteiger partial charge in [0.2, 0.25) is 6.79 Å². The average molecular weight is 498 g/mol. The van der Waals surface area contributed by atoms with Gasteiger partial charge in [-0.15, -0.1) is 0 Å². The summed E-state index contributed by atoms with van der Waals surface area (Å²) in [4.78, 5) is 14.7. The smallest absolute Gasteiger partial charge is 0.231 e. The highest BCUT2D eigenvalue weighted by molar-refractivity contribution is 9.10. The molecule has 0 radical (unpaired) electrons. The zero-order valence-electron chi connectivity index (χ0n) is 16.8. The summed E-state index contributed by atoms with van der Waals surface area (Å²) in [5, 5.41) is 0.607. The van der Waals surface area contributed by atoms with Crippen LogP contribution in [0.4, 0.5) is 5.82 Å². The van der Waals surface area contributed by atoms with E-state index in [2.05, 4.69) is 57.1 Å². The van der Waals surface area contributed by atoms with Crippen LogP contribution in [0.5, 0.6) is 11.5 Å². The summed E-state index contributed by atoms with van der Waals surface area (Å²) in [6, 6.07) is 14.3. The quantitative estimate of drug-likeness (QED) is 0.391. The van der Waals surface area contributed by atoms with E-state index in [9.17, 15) is 0 Å². The molecule has 7 nitrogen and oxygen atoms in total. The van der Waals surface area contributed by atoms with Gasteiger partial charge in [0.15, 0.2) is 34.0 Å². The van der Waals surface area contributed by atoms with Crippen molar-refractivity contribution in [3.8, 4) is 23.0 Å². The summed E-state index contributed by atoms with van der Waals surface area (Å²) in [6.07, 6.45) is 2.76. The van der Waals surface area contributed by atoms with E-state index < -0.39 is 0 Å². The molecule has 0 aromatic heterocycles. The van der Waals surface area contributed by atoms with Crippen LogP contribution >= 0.6 is 27.7 Å². The summed E-state index contributed by atoms with van der Waals surface area (Å²) < 4.78 is 13.9. The largest absolute Gasteiger partial charge is 0.454 e. The first-order valence-corrected chi connectivity index (χ1v) is 11.5. The van der Waals surface area contributed by atoms with Crippen molar-refractivity contribution in [2.45, 2.75) is 35.9 Å². The van der Waals surface area contributed by atoms with Gasteiger partial charge in [0.1, 0.15) is 0 Å². The standard InChI is InChI=1S/C22H20BrN5O2S/c1-2-13(14-6-4-3-5-7-14)10-28-11-25-20(24)19-21(28)27-22(26-19)31-18-9-17-16(8-15(18)23)29-12-30-17/h3-9,11,13H,2,10,12,24H2,1H3. The molecule has 158 valence electrons. The minimum absolute atomic E-state index is 0.231. The average Bonchev–Trinajstić information content (AvgIpc) is 3.41. The van der Waals surface area contributed by atoms with E-state index >= 15 is 0 Å². The number of nitrogens with two attached hydrogens (primary N) is 1. The number of fused-ring (bicyclic) bond motifs is 2. The maximum absolute atomic E-state index is 6.13. The predicted molar refractivity (Wildman–Crippen MR) is 123 cm³/mol. The molecule has 31 heavy (non-hydrogen) atoms. The number of hydrogen-bond acceptors (Lipinski definition) is 7. The summed E-state index contributed by atoms with van der Waals surface area (Å²) in [7, 11) is 0. The Kier molecular flexibility index (Phi) is 5.45. The summed E-state index contributed by atoms with van der Waals surface area (Å²) >= 11 is 5.04. The maximum atomic E-state index is 6.13. The van der Waals surface area contributed by atoms with Gasteiger partial charge in [0.05, 0.1) is 6.33 Å². The molecule has 2 aromatic carbocycles. The highest BCUT2D eigenvalue weighted by atomic mass is 79.9. The number of imidazole rings is 1. The SMILES string of the molecule is CCC(Cn1cnc(N)c2nc(Sc3cc4c(cc3Br)OCO4)nc1-2)c1ccccc1. The van der Waals surface area contributed by atoms with Gasteiger partial charge in [-0.2, -0.15) is 0 Å². The van der Waals surface area contributed by atoms with E-state index in [1.54, 1.807) is 6.33 Å². The lowest BCUT2D eigenvalue weighted by Gasteiger charge is -2.19. The first kappa shape index (κ1) is 20.1. The topological polar surface area (TPSA) is 88.1 Å². The van der Waals surface area contributed by atoms with Gasteiger partial charge in [0.25, 0.3) is 0 Å². The number of halogens is 1. The van der Waals surface area contributed by atoms with E-state index in [4.69, 9.17) is 20.2 Å². The third-order valence-corrected chi connectivity index (χ3v) is 7.12. The molecule has 2 aromatic rings. The fourth-order valence-electron chi connectivity index (χ4n) is 3.62. The van der Waals surface area contributed by atoms with E-state index in [0.717, 1.165) is 33.9 Å². The number of aromatic nitrogens is 4. The number of hydrogen-bond donors (Lipinski definition) is 1. The lowest BCUT2D eigenvalue weighted by Crippen LogP contribution is -2.13. The fourth-order valence-corrected chi connectivity index (χ4v) is 4.97. The zero-order valence-corrected chi connectivity index (χ0v) is 19.2. The van der Waals surface area contributed by atoms with Crippen molar-refractivity contribution >= 4 is 33.5 Å². The molecule has 0 saturated heterocycles. The lowest BCUT2D eigenvalue weighted by atomic mass is 9.96. The molecule has 0 fully saturated rings. The fraction of sp³-hybridized carbons (Fsp3) is 0.227. The van der Waals surface area contributed by atoms with Crippen LogP contribution in [-0.4, -0.2) is 26.3 Å². The maximum Gasteiger partial charge on any atom is 0.231 e. The minimum atomic E-state index is 0.231. The third-order valence-electron chi connectivity index (χ3n) is 5.28. The lowest BCUT2D eigenvalue weighted by molar-refractivity contribution is 0.174. The van der Waals surface area contributed by atoms with Gasteiger partial charge >= 0.3 is 0 Å². The van der Waals surface area contributed by atoms with Gasteiger partial charge < -0.3 is 19.8 Å². The molecular formula is C22H20BrN5O2S. The van der Waals surface area contributed by atoms with Crippen LogP contribution < -0.4 is 15.2 Å². The van der Waals surface area contributed by atoms with Crippen LogP contribution in [0.15, 0.2) is 63.3 Å². The number of ether oxygens (including phenoxy) is 2. The van der Waals surface area contributed by atoms with Crippen molar-refractivity contribution in [3.05, 3.63) is 58.8 Å². The van der Waals surface area contributed by atoms with Gasteiger partial charge in [0, 0.05) is 21.8 Å². The summed E-state index contributed by atoms with van der Waals surface area (Å²) in [5.41, 5.74) is 8.04. The van der Waals surface area contributed by atoms with Crippen molar-refractivity contribution in [1.82, 2.24) is 19.5 Å². The number of benzene rings is 2. The van der Waals surface area contributed by atoms with Crippen molar-refractivity contribution < 1.29 is 9.47 Å². The van der Waals surface area contributed by atoms with Crippen LogP contribution in [-0.2, 0) is 6.54 Å². The molecular weight excluding hydrogens is 478 g/mol. The Morgan fingerprint density at radius 2 is 1.94 bits per heavy atom. The van der Waals surface area contributed by atoms with Crippen molar-refractivity contribution in [3.63, 3.8) is 0 Å². The Hall–Kier alpha value is -2.78. The second-order valence-electron chi connectivity index (χ2n) is 7.21. The van der Waals surface area contributed by atoms with Crippen LogP contribution in [0, 0.1) is 0 Å². The molecule has 1 atom stereocenters. The van der Waals surface area contributed by atoms with Crippen molar-refractivity contribution in [1.29, 1.82) is 0 Å². The van der Waals surface area contributed by atoms with Gasteiger partial charge in [-0.1, -0.05) is 37.3 Å². The first-order chi connectivity index (χ1) is 15.1. The number of nitrogens with zero attached hydrogens (tertiary/aromatic N) is 4. The molecule has 0 amide bonds. The Balaban J connectivity index is 1.47. The van der Waals surface area contributed by atoms with Gasteiger partial charge in [-0.05, 0) is 51.8 Å². The van der Waals surface area contributed by atoms with Gasteiger partial charge in [-0.3, -0.25) is 0 Å². The predicted octanol–water partition coefficient (Wildman–Crippen LogP) is 5.20. The molecule has 0 spiro atoms. The molecule has 3 aliphatic heterocycles. The second-order valence-corrected chi connectivity index (χ2v) is 9.08. The van der Waals surface area contributed by atoms with Crippen LogP contribution in [0.25, 0.3) is 11.5 Å². The summed E-state index contributed by atoms with van der Waals surface area (Å²) in [5.74, 6) is 2.90. The zero-order chi connectivity index (χ0) is 21.4. The highest BCUT2D eigenvalue weighted by Gasteiger charge is 2.23. The Bertz CT molecular complexity index is 1200. The molecule has 3 heterocycles. The molecule has 0 aliphatic carbocycles. The molecule has 5 rings (SSSR count). The van der Waals surface area contributed by atoms with E-state index in [1.807, 2.05) is 22.8 Å². The normalized spacial score (nSPS) is 13.6. The Labute approximate surface area is 192 Å². The highest BCUT2D eigenvalue weighted by Crippen LogP contribution is 2.43. The molecule has 3 aliphatic rings. The van der Waals surface area contributed by atoms with Crippen LogP contribution in [0.1, 0.15) is 24.8 Å². The second kappa shape index (κ2) is 8.39. The monoisotopic (exact) mass is 497 g/mol.